The van der Waals surface area contributed by atoms with E-state index in [0.29, 0.717) is 11.7 Å². The molecule has 0 atom stereocenters. The molecule has 0 bridgehead atoms. The summed E-state index contributed by atoms with van der Waals surface area (Å²) in [7, 11) is 0. The highest BCUT2D eigenvalue weighted by molar-refractivity contribution is 5.56. The first kappa shape index (κ1) is 12.8. The van der Waals surface area contributed by atoms with Gasteiger partial charge in [-0.3, -0.25) is 0 Å². The molecule has 0 fully saturated rings. The van der Waals surface area contributed by atoms with Crippen molar-refractivity contribution in [3.05, 3.63) is 35.7 Å². The molecule has 0 unspecified atom stereocenters. The summed E-state index contributed by atoms with van der Waals surface area (Å²) in [5.41, 5.74) is 2.24. The van der Waals surface area contributed by atoms with Gasteiger partial charge in [0.25, 0.3) is 0 Å². The molecule has 0 aliphatic carbocycles. The fraction of sp³-hybridized carbons (Fsp3) is 0.429. The van der Waals surface area contributed by atoms with Gasteiger partial charge < -0.3 is 9.67 Å². The number of aryl methyl sites for hydroxylation is 1. The van der Waals surface area contributed by atoms with Gasteiger partial charge in [0, 0.05) is 12.1 Å². The lowest BCUT2D eigenvalue weighted by Crippen LogP contribution is -2.10. The molecule has 4 nitrogen and oxygen atoms in total. The molecule has 1 aromatic heterocycles. The largest absolute Gasteiger partial charge is 0.388 e. The summed E-state index contributed by atoms with van der Waals surface area (Å²) in [6, 6.07) is 8.17. The van der Waals surface area contributed by atoms with Crippen molar-refractivity contribution in [2.45, 2.75) is 33.9 Å². The van der Waals surface area contributed by atoms with Crippen LogP contribution in [-0.4, -0.2) is 19.9 Å². The Morgan fingerprint density at radius 2 is 2.06 bits per heavy atom. The number of rotatable bonds is 4. The fourth-order valence-electron chi connectivity index (χ4n) is 2.01. The SMILES string of the molecule is Cc1cccc(-c2nnc(CO)n2CC(C)C)c1. The van der Waals surface area contributed by atoms with Gasteiger partial charge in [0.15, 0.2) is 11.6 Å². The Hall–Kier alpha value is -1.68. The minimum atomic E-state index is -0.0778. The minimum Gasteiger partial charge on any atom is -0.388 e. The Balaban J connectivity index is 2.47. The van der Waals surface area contributed by atoms with E-state index in [1.807, 2.05) is 16.7 Å². The lowest BCUT2D eigenvalue weighted by Gasteiger charge is -2.12. The molecule has 0 radical (unpaired) electrons. The van der Waals surface area contributed by atoms with Crippen LogP contribution in [0.5, 0.6) is 0 Å². The first-order valence-electron chi connectivity index (χ1n) is 6.21. The van der Waals surface area contributed by atoms with Gasteiger partial charge in [-0.05, 0) is 18.9 Å². The number of aliphatic hydroxyl groups excluding tert-OH is 1. The normalized spacial score (nSPS) is 11.2. The van der Waals surface area contributed by atoms with Gasteiger partial charge in [0.05, 0.1) is 0 Å². The van der Waals surface area contributed by atoms with Gasteiger partial charge in [-0.2, -0.15) is 0 Å². The molecule has 2 aromatic rings. The second-order valence-corrected chi connectivity index (χ2v) is 4.97. The third kappa shape index (κ3) is 2.59. The Morgan fingerprint density at radius 1 is 1.28 bits per heavy atom. The van der Waals surface area contributed by atoms with E-state index in [-0.39, 0.29) is 6.61 Å². The zero-order chi connectivity index (χ0) is 13.1. The van der Waals surface area contributed by atoms with Crippen LogP contribution in [-0.2, 0) is 13.2 Å². The minimum absolute atomic E-state index is 0.0778. The molecule has 0 saturated carbocycles. The van der Waals surface area contributed by atoms with E-state index in [1.54, 1.807) is 0 Å². The molecule has 4 heteroatoms. The third-order valence-electron chi connectivity index (χ3n) is 2.79. The van der Waals surface area contributed by atoms with E-state index in [9.17, 15) is 5.11 Å². The summed E-state index contributed by atoms with van der Waals surface area (Å²) in [5.74, 6) is 1.94. The molecule has 1 N–H and O–H groups in total. The molecule has 0 spiro atoms. The van der Waals surface area contributed by atoms with Crippen LogP contribution < -0.4 is 0 Å². The van der Waals surface area contributed by atoms with Crippen LogP contribution in [0.25, 0.3) is 11.4 Å². The zero-order valence-electron chi connectivity index (χ0n) is 11.1. The fourth-order valence-corrected chi connectivity index (χ4v) is 2.01. The average molecular weight is 245 g/mol. The van der Waals surface area contributed by atoms with Gasteiger partial charge in [-0.15, -0.1) is 10.2 Å². The number of hydrogen-bond acceptors (Lipinski definition) is 3. The second-order valence-electron chi connectivity index (χ2n) is 4.97. The van der Waals surface area contributed by atoms with Crippen molar-refractivity contribution in [3.63, 3.8) is 0 Å². The van der Waals surface area contributed by atoms with Crippen molar-refractivity contribution >= 4 is 0 Å². The molecule has 1 heterocycles. The highest BCUT2D eigenvalue weighted by atomic mass is 16.3. The summed E-state index contributed by atoms with van der Waals surface area (Å²) in [6.45, 7) is 7.07. The number of aromatic nitrogens is 3. The Labute approximate surface area is 107 Å². The Morgan fingerprint density at radius 3 is 2.67 bits per heavy atom. The van der Waals surface area contributed by atoms with Gasteiger partial charge in [0.2, 0.25) is 0 Å². The van der Waals surface area contributed by atoms with Crippen LogP contribution >= 0.6 is 0 Å². The quantitative estimate of drug-likeness (QED) is 0.900. The van der Waals surface area contributed by atoms with E-state index in [1.165, 1.54) is 5.56 Å². The standard InChI is InChI=1S/C14H19N3O/c1-10(2)8-17-13(9-18)15-16-14(17)12-6-4-5-11(3)7-12/h4-7,10,18H,8-9H2,1-3H3. The van der Waals surface area contributed by atoms with E-state index < -0.39 is 0 Å². The number of hydrogen-bond donors (Lipinski definition) is 1. The lowest BCUT2D eigenvalue weighted by atomic mass is 10.1. The van der Waals surface area contributed by atoms with Crippen LogP contribution in [0.3, 0.4) is 0 Å². The molecular formula is C14H19N3O. The predicted molar refractivity (Wildman–Crippen MR) is 71.0 cm³/mol. The van der Waals surface area contributed by atoms with E-state index in [4.69, 9.17) is 0 Å². The van der Waals surface area contributed by atoms with Gasteiger partial charge in [-0.25, -0.2) is 0 Å². The maximum absolute atomic E-state index is 9.32. The highest BCUT2D eigenvalue weighted by Gasteiger charge is 2.14. The predicted octanol–water partition coefficient (Wildman–Crippen LogP) is 2.40. The average Bonchev–Trinajstić information content (AvgIpc) is 2.71. The van der Waals surface area contributed by atoms with Crippen molar-refractivity contribution in [2.75, 3.05) is 0 Å². The first-order valence-corrected chi connectivity index (χ1v) is 6.21. The molecule has 1 aromatic carbocycles. The summed E-state index contributed by atoms with van der Waals surface area (Å²) >= 11 is 0. The summed E-state index contributed by atoms with van der Waals surface area (Å²) in [5, 5.41) is 17.6. The lowest BCUT2D eigenvalue weighted by molar-refractivity contribution is 0.262. The van der Waals surface area contributed by atoms with Crippen molar-refractivity contribution in [2.24, 2.45) is 5.92 Å². The summed E-state index contributed by atoms with van der Waals surface area (Å²) in [6.07, 6.45) is 0. The Bertz CT molecular complexity index is 532. The zero-order valence-corrected chi connectivity index (χ0v) is 11.1. The van der Waals surface area contributed by atoms with E-state index in [0.717, 1.165) is 17.9 Å². The van der Waals surface area contributed by atoms with Gasteiger partial charge >= 0.3 is 0 Å². The third-order valence-corrected chi connectivity index (χ3v) is 2.79. The molecule has 0 aliphatic rings. The van der Waals surface area contributed by atoms with Crippen LogP contribution in [0.15, 0.2) is 24.3 Å². The highest BCUT2D eigenvalue weighted by Crippen LogP contribution is 2.20. The molecule has 0 amide bonds. The van der Waals surface area contributed by atoms with Crippen molar-refractivity contribution in [3.8, 4) is 11.4 Å². The molecular weight excluding hydrogens is 226 g/mol. The summed E-state index contributed by atoms with van der Waals surface area (Å²) in [4.78, 5) is 0. The van der Waals surface area contributed by atoms with Crippen LogP contribution in [0, 0.1) is 12.8 Å². The Kier molecular flexibility index (Phi) is 3.77. The smallest absolute Gasteiger partial charge is 0.164 e. The molecule has 18 heavy (non-hydrogen) atoms. The topological polar surface area (TPSA) is 50.9 Å². The van der Waals surface area contributed by atoms with Gasteiger partial charge in [0.1, 0.15) is 6.61 Å². The second kappa shape index (κ2) is 5.31. The maximum atomic E-state index is 9.32. The monoisotopic (exact) mass is 245 g/mol. The van der Waals surface area contributed by atoms with Crippen LogP contribution in [0.4, 0.5) is 0 Å². The van der Waals surface area contributed by atoms with Crippen molar-refractivity contribution in [1.82, 2.24) is 14.8 Å². The first-order chi connectivity index (χ1) is 8.61. The van der Waals surface area contributed by atoms with E-state index in [2.05, 4.69) is 43.1 Å². The number of nitrogens with zero attached hydrogens (tertiary/aromatic N) is 3. The van der Waals surface area contributed by atoms with E-state index >= 15 is 0 Å². The maximum Gasteiger partial charge on any atom is 0.164 e. The number of benzene rings is 1. The molecule has 2 rings (SSSR count). The van der Waals surface area contributed by atoms with Crippen LogP contribution in [0.1, 0.15) is 25.2 Å². The van der Waals surface area contributed by atoms with Crippen molar-refractivity contribution < 1.29 is 5.11 Å². The molecule has 0 aliphatic heterocycles. The van der Waals surface area contributed by atoms with Crippen molar-refractivity contribution in [1.29, 1.82) is 0 Å². The molecule has 0 saturated heterocycles. The summed E-state index contributed by atoms with van der Waals surface area (Å²) < 4.78 is 2.00. The number of aliphatic hydroxyl groups is 1. The molecule has 96 valence electrons. The van der Waals surface area contributed by atoms with Crippen LogP contribution in [0.2, 0.25) is 0 Å². The van der Waals surface area contributed by atoms with Gasteiger partial charge in [-0.1, -0.05) is 37.6 Å².